The van der Waals surface area contributed by atoms with E-state index in [1.54, 1.807) is 0 Å². The molecule has 2 rings (SSSR count). The van der Waals surface area contributed by atoms with E-state index in [-0.39, 0.29) is 0 Å². The molecular formula is C13H12N2. The maximum Gasteiger partial charge on any atom is 0.0991 e. The molecule has 2 nitrogen and oxygen atoms in total. The lowest BCUT2D eigenvalue weighted by Gasteiger charge is -2.03. The van der Waals surface area contributed by atoms with E-state index in [1.165, 1.54) is 0 Å². The summed E-state index contributed by atoms with van der Waals surface area (Å²) in [6.07, 6.45) is 1.84. The maximum atomic E-state index is 8.81. The predicted octanol–water partition coefficient (Wildman–Crippen LogP) is 3.18. The van der Waals surface area contributed by atoms with Gasteiger partial charge in [-0.25, -0.2) is 0 Å². The van der Waals surface area contributed by atoms with Crippen LogP contribution in [0.4, 0.5) is 0 Å². The largest absolute Gasteiger partial charge is 0.341 e. The van der Waals surface area contributed by atoms with Gasteiger partial charge in [0.05, 0.1) is 11.6 Å². The summed E-state index contributed by atoms with van der Waals surface area (Å²) >= 11 is 0. The average Bonchev–Trinajstić information content (AvgIpc) is 2.65. The van der Waals surface area contributed by atoms with Crippen molar-refractivity contribution in [2.75, 3.05) is 0 Å². The van der Waals surface area contributed by atoms with E-state index in [1.807, 2.05) is 24.3 Å². The Hall–Kier alpha value is -2.01. The summed E-state index contributed by atoms with van der Waals surface area (Å²) in [5, 5.41) is 9.91. The molecule has 0 atom stereocenters. The molecule has 0 fully saturated rings. The van der Waals surface area contributed by atoms with Gasteiger partial charge in [-0.1, -0.05) is 6.58 Å². The topological polar surface area (TPSA) is 28.7 Å². The zero-order valence-electron chi connectivity index (χ0n) is 8.70. The van der Waals surface area contributed by atoms with Crippen molar-refractivity contribution in [3.63, 3.8) is 0 Å². The number of nitrogens with zero attached hydrogens (tertiary/aromatic N) is 2. The fourth-order valence-electron chi connectivity index (χ4n) is 1.88. The van der Waals surface area contributed by atoms with Crippen LogP contribution < -0.4 is 0 Å². The molecule has 2 heteroatoms. The summed E-state index contributed by atoms with van der Waals surface area (Å²) in [4.78, 5) is 0. The lowest BCUT2D eigenvalue weighted by atomic mass is 10.2. The van der Waals surface area contributed by atoms with E-state index in [2.05, 4.69) is 30.2 Å². The first-order valence-electron chi connectivity index (χ1n) is 4.96. The van der Waals surface area contributed by atoms with Crippen LogP contribution in [0.2, 0.25) is 0 Å². The predicted molar refractivity (Wildman–Crippen MR) is 62.4 cm³/mol. The monoisotopic (exact) mass is 196 g/mol. The van der Waals surface area contributed by atoms with Crippen molar-refractivity contribution in [3.8, 4) is 6.07 Å². The van der Waals surface area contributed by atoms with E-state index >= 15 is 0 Å². The first-order valence-corrected chi connectivity index (χ1v) is 4.96. The Morgan fingerprint density at radius 2 is 2.27 bits per heavy atom. The lowest BCUT2D eigenvalue weighted by molar-refractivity contribution is 0.790. The van der Waals surface area contributed by atoms with E-state index < -0.39 is 0 Å². The molecule has 0 saturated carbocycles. The molecule has 1 aromatic carbocycles. The van der Waals surface area contributed by atoms with E-state index in [4.69, 9.17) is 5.26 Å². The van der Waals surface area contributed by atoms with Crippen LogP contribution in [0.3, 0.4) is 0 Å². The standard InChI is InChI=1S/C13H12N2/c1-3-12-8-11-7-10(9-14)5-6-13(11)15(12)4-2/h3,5-8H,1,4H2,2H3. The van der Waals surface area contributed by atoms with Crippen molar-refractivity contribution in [3.05, 3.63) is 42.1 Å². The molecule has 74 valence electrons. The Morgan fingerprint density at radius 3 is 2.87 bits per heavy atom. The van der Waals surface area contributed by atoms with Gasteiger partial charge in [0.15, 0.2) is 0 Å². The third-order valence-corrected chi connectivity index (χ3v) is 2.59. The van der Waals surface area contributed by atoms with Gasteiger partial charge in [0, 0.05) is 23.1 Å². The van der Waals surface area contributed by atoms with Gasteiger partial charge in [-0.15, -0.1) is 0 Å². The van der Waals surface area contributed by atoms with Crippen LogP contribution in [0.25, 0.3) is 17.0 Å². The molecule has 0 aliphatic carbocycles. The molecule has 0 aliphatic heterocycles. The van der Waals surface area contributed by atoms with Crippen molar-refractivity contribution in [2.45, 2.75) is 13.5 Å². The van der Waals surface area contributed by atoms with Crippen LogP contribution in [-0.4, -0.2) is 4.57 Å². The second kappa shape index (κ2) is 3.62. The summed E-state index contributed by atoms with van der Waals surface area (Å²) in [5.74, 6) is 0. The van der Waals surface area contributed by atoms with Gasteiger partial charge in [0.25, 0.3) is 0 Å². The van der Waals surface area contributed by atoms with Gasteiger partial charge in [-0.05, 0) is 37.3 Å². The molecule has 0 saturated heterocycles. The fourth-order valence-corrected chi connectivity index (χ4v) is 1.88. The van der Waals surface area contributed by atoms with E-state index in [9.17, 15) is 0 Å². The Kier molecular flexibility index (Phi) is 2.31. The van der Waals surface area contributed by atoms with Crippen LogP contribution in [0.15, 0.2) is 30.8 Å². The molecule has 0 N–H and O–H groups in total. The summed E-state index contributed by atoms with van der Waals surface area (Å²) in [7, 11) is 0. The molecule has 1 heterocycles. The minimum Gasteiger partial charge on any atom is -0.341 e. The summed E-state index contributed by atoms with van der Waals surface area (Å²) in [6.45, 7) is 6.81. The number of aromatic nitrogens is 1. The summed E-state index contributed by atoms with van der Waals surface area (Å²) in [5.41, 5.74) is 2.96. The van der Waals surface area contributed by atoms with Crippen LogP contribution in [0.1, 0.15) is 18.2 Å². The van der Waals surface area contributed by atoms with Crippen LogP contribution in [0, 0.1) is 11.3 Å². The van der Waals surface area contributed by atoms with Crippen LogP contribution >= 0.6 is 0 Å². The van der Waals surface area contributed by atoms with Gasteiger partial charge >= 0.3 is 0 Å². The highest BCUT2D eigenvalue weighted by molar-refractivity contribution is 5.84. The van der Waals surface area contributed by atoms with Gasteiger partial charge in [-0.3, -0.25) is 0 Å². The molecule has 0 spiro atoms. The van der Waals surface area contributed by atoms with Gasteiger partial charge < -0.3 is 4.57 Å². The number of fused-ring (bicyclic) bond motifs is 1. The zero-order chi connectivity index (χ0) is 10.8. The van der Waals surface area contributed by atoms with Crippen LogP contribution in [-0.2, 0) is 6.54 Å². The first kappa shape index (κ1) is 9.54. The van der Waals surface area contributed by atoms with Crippen LogP contribution in [0.5, 0.6) is 0 Å². The third kappa shape index (κ3) is 1.42. The highest BCUT2D eigenvalue weighted by Crippen LogP contribution is 2.21. The molecule has 0 aliphatic rings. The number of hydrogen-bond acceptors (Lipinski definition) is 1. The summed E-state index contributed by atoms with van der Waals surface area (Å²) in [6, 6.07) is 9.96. The molecule has 15 heavy (non-hydrogen) atoms. The maximum absolute atomic E-state index is 8.81. The highest BCUT2D eigenvalue weighted by Gasteiger charge is 2.05. The number of benzene rings is 1. The molecule has 0 radical (unpaired) electrons. The molecule has 0 unspecified atom stereocenters. The number of hydrogen-bond donors (Lipinski definition) is 0. The van der Waals surface area contributed by atoms with Crippen molar-refractivity contribution in [1.29, 1.82) is 5.26 Å². The van der Waals surface area contributed by atoms with Gasteiger partial charge in [0.2, 0.25) is 0 Å². The zero-order valence-corrected chi connectivity index (χ0v) is 8.70. The quantitative estimate of drug-likeness (QED) is 0.725. The minimum atomic E-state index is 0.700. The first-order chi connectivity index (χ1) is 7.30. The van der Waals surface area contributed by atoms with Crippen molar-refractivity contribution >= 4 is 17.0 Å². The molecule has 2 aromatic rings. The molecule has 1 aromatic heterocycles. The summed E-state index contributed by atoms with van der Waals surface area (Å²) < 4.78 is 2.18. The van der Waals surface area contributed by atoms with E-state index in [0.29, 0.717) is 5.56 Å². The SMILES string of the molecule is C=Cc1cc2cc(C#N)ccc2n1CC. The van der Waals surface area contributed by atoms with Crippen molar-refractivity contribution in [1.82, 2.24) is 4.57 Å². The average molecular weight is 196 g/mol. The molecule has 0 amide bonds. The Balaban J connectivity index is 2.77. The second-order valence-corrected chi connectivity index (χ2v) is 3.40. The fraction of sp³-hybridized carbons (Fsp3) is 0.154. The number of aryl methyl sites for hydroxylation is 1. The normalized spacial score (nSPS) is 10.1. The van der Waals surface area contributed by atoms with Crippen molar-refractivity contribution < 1.29 is 0 Å². The minimum absolute atomic E-state index is 0.700. The Labute approximate surface area is 89.1 Å². The lowest BCUT2D eigenvalue weighted by Crippen LogP contribution is -1.95. The van der Waals surface area contributed by atoms with Gasteiger partial charge in [-0.2, -0.15) is 5.26 Å². The third-order valence-electron chi connectivity index (χ3n) is 2.59. The second-order valence-electron chi connectivity index (χ2n) is 3.40. The Morgan fingerprint density at radius 1 is 1.47 bits per heavy atom. The smallest absolute Gasteiger partial charge is 0.0991 e. The molecule has 0 bridgehead atoms. The number of rotatable bonds is 2. The van der Waals surface area contributed by atoms with E-state index in [0.717, 1.165) is 23.1 Å². The van der Waals surface area contributed by atoms with Crippen molar-refractivity contribution in [2.24, 2.45) is 0 Å². The number of nitriles is 1. The Bertz CT molecular complexity index is 556. The molecular weight excluding hydrogens is 184 g/mol. The highest BCUT2D eigenvalue weighted by atomic mass is 15.0. The van der Waals surface area contributed by atoms with Gasteiger partial charge in [0.1, 0.15) is 0 Å².